The number of phenols is 1. The molecule has 0 saturated heterocycles. The average molecular weight is 444 g/mol. The average Bonchev–Trinajstić information content (AvgIpc) is 2.65. The molecule has 0 bridgehead atoms. The normalized spacial score (nSPS) is 13.7. The van der Waals surface area contributed by atoms with E-state index in [9.17, 15) is 23.1 Å². The van der Waals surface area contributed by atoms with Crippen LogP contribution in [0.15, 0.2) is 26.6 Å². The molecule has 2 rings (SSSR count). The van der Waals surface area contributed by atoms with Crippen LogP contribution in [0.5, 0.6) is 5.75 Å². The van der Waals surface area contributed by atoms with Crippen LogP contribution in [-0.2, 0) is 10.0 Å². The Morgan fingerprint density at radius 2 is 1.72 bits per heavy atom. The fourth-order valence-electron chi connectivity index (χ4n) is 2.58. The van der Waals surface area contributed by atoms with Gasteiger partial charge in [0.25, 0.3) is 10.9 Å². The Kier molecular flexibility index (Phi) is 6.37. The van der Waals surface area contributed by atoms with Crippen LogP contribution < -0.4 is 21.5 Å². The molecule has 1 unspecified atom stereocenters. The van der Waals surface area contributed by atoms with Crippen LogP contribution in [0.25, 0.3) is 0 Å². The number of sulfonamides is 1. The smallest absolute Gasteiger partial charge is 0.253 e. The Hall–Kier alpha value is -2.10. The van der Waals surface area contributed by atoms with Crippen molar-refractivity contribution in [2.75, 3.05) is 24.7 Å². The van der Waals surface area contributed by atoms with E-state index in [0.717, 1.165) is 10.7 Å². The van der Waals surface area contributed by atoms with E-state index in [4.69, 9.17) is 11.6 Å². The predicted octanol–water partition coefficient (Wildman–Crippen LogP) is 2.87. The van der Waals surface area contributed by atoms with E-state index in [-0.39, 0.29) is 33.5 Å². The van der Waals surface area contributed by atoms with Crippen LogP contribution in [0.4, 0.5) is 17.1 Å². The third kappa shape index (κ3) is 4.12. The van der Waals surface area contributed by atoms with Crippen LogP contribution in [0.1, 0.15) is 34.1 Å². The first-order valence-electron chi connectivity index (χ1n) is 9.06. The van der Waals surface area contributed by atoms with Crippen molar-refractivity contribution in [2.45, 2.75) is 45.1 Å². The largest absolute Gasteiger partial charge is 0.504 e. The minimum absolute atomic E-state index is 0.0282. The zero-order valence-electron chi connectivity index (χ0n) is 17.3. The van der Waals surface area contributed by atoms with Crippen molar-refractivity contribution in [1.29, 1.82) is 0 Å². The number of aromatic hydroxyl groups is 1. The van der Waals surface area contributed by atoms with Gasteiger partial charge in [0.1, 0.15) is 16.3 Å². The van der Waals surface area contributed by atoms with E-state index in [1.54, 1.807) is 0 Å². The maximum Gasteiger partial charge on any atom is 0.253 e. The van der Waals surface area contributed by atoms with Crippen molar-refractivity contribution in [3.63, 3.8) is 0 Å². The van der Waals surface area contributed by atoms with Crippen molar-refractivity contribution >= 4 is 38.7 Å². The lowest BCUT2D eigenvalue weighted by molar-refractivity contribution is 0.306. The highest BCUT2D eigenvalue weighted by Crippen LogP contribution is 2.39. The summed E-state index contributed by atoms with van der Waals surface area (Å²) in [6.07, 6.45) is 0.850. The van der Waals surface area contributed by atoms with Crippen LogP contribution in [0.3, 0.4) is 0 Å². The maximum absolute atomic E-state index is 12.5. The van der Waals surface area contributed by atoms with Gasteiger partial charge in [0, 0.05) is 20.1 Å². The Balaban J connectivity index is 2.47. The summed E-state index contributed by atoms with van der Waals surface area (Å²) in [4.78, 5) is 23.7. The molecule has 0 aliphatic heterocycles. The summed E-state index contributed by atoms with van der Waals surface area (Å²) >= 11 is 5.99. The lowest BCUT2D eigenvalue weighted by Crippen LogP contribution is -2.42. The second kappa shape index (κ2) is 7.97. The van der Waals surface area contributed by atoms with E-state index in [2.05, 4.69) is 10.6 Å². The molecule has 0 aromatic heterocycles. The predicted molar refractivity (Wildman–Crippen MR) is 116 cm³/mol. The van der Waals surface area contributed by atoms with Gasteiger partial charge in [-0.2, -0.15) is 0 Å². The van der Waals surface area contributed by atoms with E-state index in [1.807, 2.05) is 27.7 Å². The SMILES string of the molecule is CCC(C)(C)C(C)Nc1c(Nc2ccc(Cl)c(S(=O)(=O)N(C)C)c2O)c(=O)c1=O. The molecule has 1 atom stereocenters. The third-order valence-corrected chi connectivity index (χ3v) is 7.75. The zero-order valence-corrected chi connectivity index (χ0v) is 18.8. The monoisotopic (exact) mass is 443 g/mol. The van der Waals surface area contributed by atoms with Crippen molar-refractivity contribution in [3.05, 3.63) is 37.6 Å². The maximum atomic E-state index is 12.5. The number of halogens is 1. The quantitative estimate of drug-likeness (QED) is 0.424. The molecule has 0 heterocycles. The Morgan fingerprint density at radius 3 is 2.24 bits per heavy atom. The van der Waals surface area contributed by atoms with Gasteiger partial charge >= 0.3 is 0 Å². The lowest BCUT2D eigenvalue weighted by Gasteiger charge is -2.32. The molecule has 10 heteroatoms. The minimum atomic E-state index is -4.04. The van der Waals surface area contributed by atoms with E-state index >= 15 is 0 Å². The van der Waals surface area contributed by atoms with Gasteiger partial charge in [-0.25, -0.2) is 12.7 Å². The number of hydrogen-bond acceptors (Lipinski definition) is 7. The molecule has 0 amide bonds. The summed E-state index contributed by atoms with van der Waals surface area (Å²) in [5.74, 6) is -0.632. The zero-order chi connectivity index (χ0) is 22.3. The molecular weight excluding hydrogens is 418 g/mol. The number of rotatable bonds is 8. The highest BCUT2D eigenvalue weighted by Gasteiger charge is 2.31. The summed E-state index contributed by atoms with van der Waals surface area (Å²) in [5, 5.41) is 16.1. The Labute approximate surface area is 175 Å². The number of hydrogen-bond donors (Lipinski definition) is 3. The number of benzene rings is 1. The Bertz CT molecular complexity index is 1100. The van der Waals surface area contributed by atoms with E-state index in [1.165, 1.54) is 26.2 Å². The minimum Gasteiger partial charge on any atom is -0.504 e. The molecule has 3 N–H and O–H groups in total. The van der Waals surface area contributed by atoms with Gasteiger partial charge in [0.2, 0.25) is 10.0 Å². The molecule has 29 heavy (non-hydrogen) atoms. The summed E-state index contributed by atoms with van der Waals surface area (Å²) < 4.78 is 25.9. The number of nitrogens with one attached hydrogen (secondary N) is 2. The molecular formula is C19H26ClN3O5S. The Morgan fingerprint density at radius 1 is 1.17 bits per heavy atom. The van der Waals surface area contributed by atoms with Crippen LogP contribution in [0.2, 0.25) is 5.02 Å². The fourth-order valence-corrected chi connectivity index (χ4v) is 4.06. The summed E-state index contributed by atoms with van der Waals surface area (Å²) in [6.45, 7) is 8.00. The molecule has 0 radical (unpaired) electrons. The van der Waals surface area contributed by atoms with Crippen LogP contribution >= 0.6 is 11.6 Å². The molecule has 8 nitrogen and oxygen atoms in total. The molecule has 0 fully saturated rings. The van der Waals surface area contributed by atoms with E-state index < -0.39 is 31.5 Å². The number of nitrogens with zero attached hydrogens (tertiary/aromatic N) is 1. The molecule has 0 saturated carbocycles. The van der Waals surface area contributed by atoms with Gasteiger partial charge in [-0.05, 0) is 30.9 Å². The molecule has 0 spiro atoms. The fraction of sp³-hybridized carbons (Fsp3) is 0.474. The number of anilines is 3. The van der Waals surface area contributed by atoms with Gasteiger partial charge in [-0.15, -0.1) is 0 Å². The molecule has 0 aliphatic rings. The molecule has 2 aromatic carbocycles. The summed E-state index contributed by atoms with van der Waals surface area (Å²) in [6, 6.07) is 2.52. The second-order valence-corrected chi connectivity index (χ2v) is 10.3. The van der Waals surface area contributed by atoms with Crippen LogP contribution in [0, 0.1) is 5.41 Å². The molecule has 0 aliphatic carbocycles. The first-order chi connectivity index (χ1) is 13.3. The summed E-state index contributed by atoms with van der Waals surface area (Å²) in [5.41, 5.74) is -1.52. The second-order valence-electron chi connectivity index (χ2n) is 7.80. The summed E-state index contributed by atoms with van der Waals surface area (Å²) in [7, 11) is -1.42. The van der Waals surface area contributed by atoms with Gasteiger partial charge in [0.05, 0.1) is 10.7 Å². The first kappa shape index (κ1) is 23.2. The van der Waals surface area contributed by atoms with Crippen molar-refractivity contribution in [3.8, 4) is 5.75 Å². The van der Waals surface area contributed by atoms with Crippen molar-refractivity contribution < 1.29 is 13.5 Å². The lowest BCUT2D eigenvalue weighted by atomic mass is 9.82. The van der Waals surface area contributed by atoms with Gasteiger partial charge in [-0.3, -0.25) is 9.59 Å². The standard InChI is InChI=1S/C19H26ClN3O5S/c1-7-19(3,4)10(2)21-13-14(17(26)16(13)25)22-12-9-8-11(20)18(15(12)24)29(27,28)23(5)6/h8-10,21-22,24H,7H2,1-6H3. The topological polar surface area (TPSA) is 116 Å². The third-order valence-electron chi connectivity index (χ3n) is 5.44. The number of phenolic OH excluding ortho intramolecular Hbond substituents is 1. The van der Waals surface area contributed by atoms with Crippen LogP contribution in [-0.4, -0.2) is 38.0 Å². The van der Waals surface area contributed by atoms with Crippen molar-refractivity contribution in [1.82, 2.24) is 4.31 Å². The highest BCUT2D eigenvalue weighted by atomic mass is 35.5. The molecule has 160 valence electrons. The van der Waals surface area contributed by atoms with Crippen molar-refractivity contribution in [2.24, 2.45) is 5.41 Å². The van der Waals surface area contributed by atoms with Gasteiger partial charge in [0.15, 0.2) is 5.75 Å². The van der Waals surface area contributed by atoms with Gasteiger partial charge in [-0.1, -0.05) is 32.4 Å². The van der Waals surface area contributed by atoms with Gasteiger partial charge < -0.3 is 15.7 Å². The van der Waals surface area contributed by atoms with E-state index in [0.29, 0.717) is 0 Å². The molecule has 2 aromatic rings. The first-order valence-corrected chi connectivity index (χ1v) is 10.9. The highest BCUT2D eigenvalue weighted by molar-refractivity contribution is 7.89.